The van der Waals surface area contributed by atoms with E-state index in [4.69, 9.17) is 23.2 Å². The largest absolute Gasteiger partial charge is 0.249 e. The molecule has 0 unspecified atom stereocenters. The van der Waals surface area contributed by atoms with Crippen LogP contribution in [-0.2, 0) is 7.05 Å². The molecule has 2 heterocycles. The SMILES string of the molecule is Cn1nc(Cl)c2c(Cl)ncnc21. The summed E-state index contributed by atoms with van der Waals surface area (Å²) in [6.45, 7) is 0. The van der Waals surface area contributed by atoms with Crippen LogP contribution in [0.25, 0.3) is 11.0 Å². The Hall–Kier alpha value is -0.870. The number of hydrogen-bond acceptors (Lipinski definition) is 3. The molecule has 0 radical (unpaired) electrons. The molecule has 0 saturated heterocycles. The van der Waals surface area contributed by atoms with Crippen molar-refractivity contribution in [3.63, 3.8) is 0 Å². The summed E-state index contributed by atoms with van der Waals surface area (Å²) in [6.07, 6.45) is 1.38. The fraction of sp³-hybridized carbons (Fsp3) is 0.167. The minimum Gasteiger partial charge on any atom is -0.249 e. The summed E-state index contributed by atoms with van der Waals surface area (Å²) < 4.78 is 1.56. The lowest BCUT2D eigenvalue weighted by Gasteiger charge is -1.91. The van der Waals surface area contributed by atoms with Crippen LogP contribution in [0.2, 0.25) is 10.3 Å². The van der Waals surface area contributed by atoms with Gasteiger partial charge in [0.15, 0.2) is 10.8 Å². The topological polar surface area (TPSA) is 43.6 Å². The molecule has 12 heavy (non-hydrogen) atoms. The van der Waals surface area contributed by atoms with Crippen molar-refractivity contribution in [2.75, 3.05) is 0 Å². The smallest absolute Gasteiger partial charge is 0.164 e. The highest BCUT2D eigenvalue weighted by atomic mass is 35.5. The van der Waals surface area contributed by atoms with E-state index in [1.54, 1.807) is 11.7 Å². The van der Waals surface area contributed by atoms with Gasteiger partial charge in [0.25, 0.3) is 0 Å². The number of hydrogen-bond donors (Lipinski definition) is 0. The van der Waals surface area contributed by atoms with Crippen molar-refractivity contribution in [3.8, 4) is 0 Å². The Morgan fingerprint density at radius 3 is 2.67 bits per heavy atom. The molecule has 0 N–H and O–H groups in total. The van der Waals surface area contributed by atoms with Crippen LogP contribution in [0.4, 0.5) is 0 Å². The van der Waals surface area contributed by atoms with Crippen LogP contribution in [0.15, 0.2) is 6.33 Å². The molecule has 2 aromatic rings. The molecule has 2 aromatic heterocycles. The van der Waals surface area contributed by atoms with Gasteiger partial charge in [0.2, 0.25) is 0 Å². The molecule has 0 fully saturated rings. The van der Waals surface area contributed by atoms with E-state index in [0.717, 1.165) is 0 Å². The Morgan fingerprint density at radius 2 is 2.00 bits per heavy atom. The molecule has 62 valence electrons. The van der Waals surface area contributed by atoms with Crippen molar-refractivity contribution < 1.29 is 0 Å². The third-order valence-electron chi connectivity index (χ3n) is 1.53. The maximum atomic E-state index is 5.79. The monoisotopic (exact) mass is 202 g/mol. The Balaban J connectivity index is 2.99. The Morgan fingerprint density at radius 1 is 1.25 bits per heavy atom. The normalized spacial score (nSPS) is 10.9. The van der Waals surface area contributed by atoms with E-state index in [1.807, 2.05) is 0 Å². The number of rotatable bonds is 0. The Bertz CT molecular complexity index is 436. The molecule has 0 aliphatic carbocycles. The molecule has 6 heteroatoms. The second kappa shape index (κ2) is 2.57. The van der Waals surface area contributed by atoms with E-state index in [2.05, 4.69) is 15.1 Å². The highest BCUT2D eigenvalue weighted by Gasteiger charge is 2.11. The van der Waals surface area contributed by atoms with E-state index in [0.29, 0.717) is 21.3 Å². The van der Waals surface area contributed by atoms with E-state index in [9.17, 15) is 0 Å². The second-order valence-electron chi connectivity index (χ2n) is 2.28. The van der Waals surface area contributed by atoms with E-state index in [-0.39, 0.29) is 0 Å². The summed E-state index contributed by atoms with van der Waals surface area (Å²) in [5.41, 5.74) is 0.639. The molecule has 0 bridgehead atoms. The van der Waals surface area contributed by atoms with Gasteiger partial charge in [-0.1, -0.05) is 23.2 Å². The molecule has 0 aliphatic heterocycles. The third-order valence-corrected chi connectivity index (χ3v) is 2.08. The molecule has 0 aliphatic rings. The predicted octanol–water partition coefficient (Wildman–Crippen LogP) is 1.67. The zero-order valence-corrected chi connectivity index (χ0v) is 7.63. The lowest BCUT2D eigenvalue weighted by Crippen LogP contribution is -1.91. The highest BCUT2D eigenvalue weighted by molar-refractivity contribution is 6.40. The lowest BCUT2D eigenvalue weighted by atomic mass is 10.4. The van der Waals surface area contributed by atoms with Gasteiger partial charge in [0.1, 0.15) is 11.5 Å². The summed E-state index contributed by atoms with van der Waals surface area (Å²) in [6, 6.07) is 0. The van der Waals surface area contributed by atoms with E-state index in [1.165, 1.54) is 6.33 Å². The number of nitrogens with zero attached hydrogens (tertiary/aromatic N) is 4. The maximum Gasteiger partial charge on any atom is 0.164 e. The minimum atomic E-state index is 0.332. The van der Waals surface area contributed by atoms with Gasteiger partial charge >= 0.3 is 0 Å². The molecule has 4 nitrogen and oxygen atoms in total. The predicted molar refractivity (Wildman–Crippen MR) is 46.3 cm³/mol. The first-order valence-corrected chi connectivity index (χ1v) is 3.94. The summed E-state index contributed by atoms with van der Waals surface area (Å²) in [4.78, 5) is 7.78. The molecule has 0 aromatic carbocycles. The average molecular weight is 203 g/mol. The molecule has 0 saturated carbocycles. The number of halogens is 2. The van der Waals surface area contributed by atoms with Crippen LogP contribution < -0.4 is 0 Å². The maximum absolute atomic E-state index is 5.79. The Labute approximate surface area is 78.1 Å². The highest BCUT2D eigenvalue weighted by Crippen LogP contribution is 2.25. The standard InChI is InChI=1S/C6H4Cl2N4/c1-12-6-3(5(8)11-12)4(7)9-2-10-6/h2H,1H3. The zero-order valence-electron chi connectivity index (χ0n) is 6.12. The van der Waals surface area contributed by atoms with Crippen LogP contribution >= 0.6 is 23.2 Å². The first-order chi connectivity index (χ1) is 5.70. The van der Waals surface area contributed by atoms with Crippen molar-refractivity contribution in [2.45, 2.75) is 0 Å². The number of fused-ring (bicyclic) bond motifs is 1. The van der Waals surface area contributed by atoms with Gasteiger partial charge in [0.05, 0.1) is 5.39 Å². The van der Waals surface area contributed by atoms with Gasteiger partial charge in [-0.15, -0.1) is 0 Å². The van der Waals surface area contributed by atoms with Gasteiger partial charge in [-0.2, -0.15) is 5.10 Å². The van der Waals surface area contributed by atoms with Crippen LogP contribution in [0.3, 0.4) is 0 Å². The summed E-state index contributed by atoms with van der Waals surface area (Å²) >= 11 is 11.6. The zero-order chi connectivity index (χ0) is 8.72. The van der Waals surface area contributed by atoms with Crippen LogP contribution in [-0.4, -0.2) is 19.7 Å². The van der Waals surface area contributed by atoms with Crippen molar-refractivity contribution in [1.29, 1.82) is 0 Å². The van der Waals surface area contributed by atoms with E-state index < -0.39 is 0 Å². The first-order valence-electron chi connectivity index (χ1n) is 3.19. The summed E-state index contributed by atoms with van der Waals surface area (Å²) in [5.74, 6) is 0. The average Bonchev–Trinajstić information content (AvgIpc) is 2.29. The fourth-order valence-corrected chi connectivity index (χ4v) is 1.56. The molecule has 0 spiro atoms. The third kappa shape index (κ3) is 0.956. The van der Waals surface area contributed by atoms with Gasteiger partial charge in [-0.25, -0.2) is 14.6 Å². The minimum absolute atomic E-state index is 0.332. The van der Waals surface area contributed by atoms with Crippen LogP contribution in [0.1, 0.15) is 0 Å². The van der Waals surface area contributed by atoms with Crippen molar-refractivity contribution in [2.24, 2.45) is 7.05 Å². The summed E-state index contributed by atoms with van der Waals surface area (Å²) in [5, 5.41) is 5.21. The quantitative estimate of drug-likeness (QED) is 0.611. The first kappa shape index (κ1) is 7.76. The number of aromatic nitrogens is 4. The van der Waals surface area contributed by atoms with Gasteiger partial charge in [-0.3, -0.25) is 0 Å². The van der Waals surface area contributed by atoms with Crippen molar-refractivity contribution in [1.82, 2.24) is 19.7 Å². The molecule has 2 rings (SSSR count). The van der Waals surface area contributed by atoms with Gasteiger partial charge in [0, 0.05) is 7.05 Å². The van der Waals surface area contributed by atoms with E-state index >= 15 is 0 Å². The van der Waals surface area contributed by atoms with Gasteiger partial charge < -0.3 is 0 Å². The fourth-order valence-electron chi connectivity index (χ4n) is 1.01. The van der Waals surface area contributed by atoms with Gasteiger partial charge in [-0.05, 0) is 0 Å². The van der Waals surface area contributed by atoms with Crippen molar-refractivity contribution >= 4 is 34.2 Å². The van der Waals surface area contributed by atoms with Crippen LogP contribution in [0, 0.1) is 0 Å². The summed E-state index contributed by atoms with van der Waals surface area (Å²) in [7, 11) is 1.75. The number of aryl methyl sites for hydroxylation is 1. The Kier molecular flexibility index (Phi) is 1.66. The second-order valence-corrected chi connectivity index (χ2v) is 2.99. The molecular formula is C6H4Cl2N4. The lowest BCUT2D eigenvalue weighted by molar-refractivity contribution is 0.785. The molecule has 0 atom stereocenters. The van der Waals surface area contributed by atoms with Crippen molar-refractivity contribution in [3.05, 3.63) is 16.6 Å². The van der Waals surface area contributed by atoms with Crippen LogP contribution in [0.5, 0.6) is 0 Å². The molecular weight excluding hydrogens is 199 g/mol. The molecule has 0 amide bonds.